The quantitative estimate of drug-likeness (QED) is 0.373. The number of aryl methyl sites for hydroxylation is 2. The van der Waals surface area contributed by atoms with Crippen LogP contribution >= 0.6 is 0 Å². The standard InChI is InChI=1S/C28H38N4O5/c1-6-23(28(34)37-22-8-7-9-22)29-14-19-10-11-25-24(13-19)30-26(32(25)21(16-35-4)17-36-5)20-12-18(2)27(33)31(3)15-20/h10-13,15,21-23,29H,6-9,14,16-17H2,1-5H3. The molecule has 1 fully saturated rings. The predicted octanol–water partition coefficient (Wildman–Crippen LogP) is 3.51. The number of aromatic nitrogens is 3. The van der Waals surface area contributed by atoms with Crippen molar-refractivity contribution in [3.8, 4) is 11.4 Å². The van der Waals surface area contributed by atoms with Crippen LogP contribution in [0.3, 0.4) is 0 Å². The van der Waals surface area contributed by atoms with Crippen LogP contribution in [0.25, 0.3) is 22.4 Å². The second-order valence-electron chi connectivity index (χ2n) is 9.85. The van der Waals surface area contributed by atoms with Crippen molar-refractivity contribution in [1.82, 2.24) is 19.4 Å². The number of ether oxygens (including phenoxy) is 3. The maximum absolute atomic E-state index is 12.5. The first-order chi connectivity index (χ1) is 17.9. The van der Waals surface area contributed by atoms with E-state index in [2.05, 4.69) is 9.88 Å². The van der Waals surface area contributed by atoms with Crippen LogP contribution in [0.1, 0.15) is 49.8 Å². The number of carbonyl (C=O) groups is 1. The fourth-order valence-electron chi connectivity index (χ4n) is 4.78. The molecular weight excluding hydrogens is 472 g/mol. The number of hydrogen-bond donors (Lipinski definition) is 1. The molecular formula is C28H38N4O5. The van der Waals surface area contributed by atoms with Gasteiger partial charge in [-0.05, 0) is 56.4 Å². The van der Waals surface area contributed by atoms with E-state index in [1.165, 1.54) is 0 Å². The number of hydrogen-bond acceptors (Lipinski definition) is 7. The number of nitrogens with one attached hydrogen (secondary N) is 1. The van der Waals surface area contributed by atoms with Gasteiger partial charge in [0.05, 0.1) is 30.3 Å². The lowest BCUT2D eigenvalue weighted by molar-refractivity contribution is -0.155. The maximum Gasteiger partial charge on any atom is 0.323 e. The molecule has 200 valence electrons. The summed E-state index contributed by atoms with van der Waals surface area (Å²) in [7, 11) is 5.08. The van der Waals surface area contributed by atoms with Crippen molar-refractivity contribution in [3.05, 3.63) is 51.9 Å². The first-order valence-corrected chi connectivity index (χ1v) is 13.0. The zero-order valence-electron chi connectivity index (χ0n) is 22.5. The molecule has 2 aromatic heterocycles. The number of rotatable bonds is 12. The molecule has 1 unspecified atom stereocenters. The summed E-state index contributed by atoms with van der Waals surface area (Å²) < 4.78 is 20.3. The maximum atomic E-state index is 12.5. The SMILES string of the molecule is CCC(NCc1ccc2c(c1)nc(-c1cc(C)c(=O)n(C)c1)n2C(COC)COC)C(=O)OC1CCC1. The Kier molecular flexibility index (Phi) is 8.79. The number of pyridine rings is 1. The van der Waals surface area contributed by atoms with Crippen LogP contribution in [0.4, 0.5) is 0 Å². The molecule has 0 radical (unpaired) electrons. The van der Waals surface area contributed by atoms with E-state index in [4.69, 9.17) is 19.2 Å². The minimum absolute atomic E-state index is 0.0357. The smallest absolute Gasteiger partial charge is 0.323 e. The van der Waals surface area contributed by atoms with Crippen LogP contribution in [0.5, 0.6) is 0 Å². The Hall–Kier alpha value is -3.01. The molecule has 37 heavy (non-hydrogen) atoms. The van der Waals surface area contributed by atoms with E-state index in [1.807, 2.05) is 44.3 Å². The van der Waals surface area contributed by atoms with Gasteiger partial charge in [-0.3, -0.25) is 9.59 Å². The van der Waals surface area contributed by atoms with Crippen LogP contribution in [0, 0.1) is 6.92 Å². The molecule has 0 amide bonds. The summed E-state index contributed by atoms with van der Waals surface area (Å²) in [6.07, 6.45) is 5.61. The van der Waals surface area contributed by atoms with E-state index < -0.39 is 0 Å². The Labute approximate surface area is 217 Å². The predicted molar refractivity (Wildman–Crippen MR) is 143 cm³/mol. The van der Waals surface area contributed by atoms with Gasteiger partial charge in [-0.25, -0.2) is 4.98 Å². The molecule has 9 nitrogen and oxygen atoms in total. The fourth-order valence-corrected chi connectivity index (χ4v) is 4.78. The summed E-state index contributed by atoms with van der Waals surface area (Å²) in [5.74, 6) is 0.570. The van der Waals surface area contributed by atoms with E-state index in [0.717, 1.165) is 47.2 Å². The van der Waals surface area contributed by atoms with Crippen molar-refractivity contribution in [2.24, 2.45) is 7.05 Å². The van der Waals surface area contributed by atoms with Crippen molar-refractivity contribution in [3.63, 3.8) is 0 Å². The van der Waals surface area contributed by atoms with Gasteiger partial charge in [-0.1, -0.05) is 13.0 Å². The molecule has 1 aliphatic carbocycles. The Balaban J connectivity index is 1.67. The second-order valence-corrected chi connectivity index (χ2v) is 9.85. The molecule has 1 atom stereocenters. The molecule has 1 saturated carbocycles. The number of methoxy groups -OCH3 is 2. The van der Waals surface area contributed by atoms with Gasteiger partial charge in [-0.2, -0.15) is 0 Å². The Morgan fingerprint density at radius 1 is 1.19 bits per heavy atom. The molecule has 0 aliphatic heterocycles. The minimum Gasteiger partial charge on any atom is -0.461 e. The monoisotopic (exact) mass is 510 g/mol. The van der Waals surface area contributed by atoms with Crippen molar-refractivity contribution in [1.29, 1.82) is 0 Å². The van der Waals surface area contributed by atoms with Crippen LogP contribution in [-0.2, 0) is 32.6 Å². The van der Waals surface area contributed by atoms with Crippen molar-refractivity contribution in [2.45, 2.75) is 64.3 Å². The summed E-state index contributed by atoms with van der Waals surface area (Å²) in [4.78, 5) is 29.9. The second kappa shape index (κ2) is 12.0. The molecule has 0 saturated heterocycles. The largest absolute Gasteiger partial charge is 0.461 e. The third-order valence-corrected chi connectivity index (χ3v) is 7.04. The van der Waals surface area contributed by atoms with E-state index in [-0.39, 0.29) is 29.7 Å². The van der Waals surface area contributed by atoms with Gasteiger partial charge in [-0.15, -0.1) is 0 Å². The number of nitrogens with zero attached hydrogens (tertiary/aromatic N) is 3. The Morgan fingerprint density at radius 3 is 2.51 bits per heavy atom. The number of imidazole rings is 1. The molecule has 1 N–H and O–H groups in total. The van der Waals surface area contributed by atoms with Crippen molar-refractivity contribution < 1.29 is 19.0 Å². The lowest BCUT2D eigenvalue weighted by Crippen LogP contribution is -2.40. The van der Waals surface area contributed by atoms with Crippen molar-refractivity contribution in [2.75, 3.05) is 27.4 Å². The number of esters is 1. The Bertz CT molecular complexity index is 1260. The minimum atomic E-state index is -0.342. The lowest BCUT2D eigenvalue weighted by atomic mass is 9.96. The number of carbonyl (C=O) groups excluding carboxylic acids is 1. The summed E-state index contributed by atoms with van der Waals surface area (Å²) >= 11 is 0. The van der Waals surface area contributed by atoms with E-state index in [9.17, 15) is 9.59 Å². The normalized spacial score (nSPS) is 14.8. The van der Waals surface area contributed by atoms with Crippen molar-refractivity contribution >= 4 is 17.0 Å². The van der Waals surface area contributed by atoms with Crippen LogP contribution in [0.15, 0.2) is 35.3 Å². The molecule has 9 heteroatoms. The van der Waals surface area contributed by atoms with Crippen LogP contribution in [0.2, 0.25) is 0 Å². The zero-order valence-corrected chi connectivity index (χ0v) is 22.5. The summed E-state index contributed by atoms with van der Waals surface area (Å²) in [6, 6.07) is 7.55. The molecule has 1 aromatic carbocycles. The van der Waals surface area contributed by atoms with E-state index in [1.54, 1.807) is 25.8 Å². The average Bonchev–Trinajstić information content (AvgIpc) is 3.23. The first-order valence-electron chi connectivity index (χ1n) is 13.0. The van der Waals surface area contributed by atoms with Gasteiger partial charge in [0, 0.05) is 45.1 Å². The topological polar surface area (TPSA) is 96.6 Å². The highest BCUT2D eigenvalue weighted by Gasteiger charge is 2.26. The lowest BCUT2D eigenvalue weighted by Gasteiger charge is -2.27. The van der Waals surface area contributed by atoms with Gasteiger partial charge in [0.2, 0.25) is 0 Å². The molecule has 3 aromatic rings. The van der Waals surface area contributed by atoms with Gasteiger partial charge < -0.3 is 28.7 Å². The number of benzene rings is 1. The molecule has 4 rings (SSSR count). The van der Waals surface area contributed by atoms with E-state index >= 15 is 0 Å². The fraction of sp³-hybridized carbons (Fsp3) is 0.536. The zero-order chi connectivity index (χ0) is 26.5. The summed E-state index contributed by atoms with van der Waals surface area (Å²) in [5.41, 5.74) is 4.25. The van der Waals surface area contributed by atoms with Crippen LogP contribution < -0.4 is 10.9 Å². The highest BCUT2D eigenvalue weighted by molar-refractivity contribution is 5.82. The average molecular weight is 511 g/mol. The van der Waals surface area contributed by atoms with E-state index in [0.29, 0.717) is 31.7 Å². The van der Waals surface area contributed by atoms with Gasteiger partial charge in [0.25, 0.3) is 5.56 Å². The molecule has 1 aliphatic rings. The third-order valence-electron chi connectivity index (χ3n) is 7.04. The van der Waals surface area contributed by atoms with Gasteiger partial charge in [0.1, 0.15) is 18.0 Å². The Morgan fingerprint density at radius 2 is 1.92 bits per heavy atom. The van der Waals surface area contributed by atoms with Gasteiger partial charge >= 0.3 is 5.97 Å². The first kappa shape index (κ1) is 27.0. The highest BCUT2D eigenvalue weighted by Crippen LogP contribution is 2.30. The third kappa shape index (κ3) is 5.95. The van der Waals surface area contributed by atoms with Gasteiger partial charge in [0.15, 0.2) is 0 Å². The highest BCUT2D eigenvalue weighted by atomic mass is 16.5. The molecule has 2 heterocycles. The molecule has 0 bridgehead atoms. The number of fused-ring (bicyclic) bond motifs is 1. The summed E-state index contributed by atoms with van der Waals surface area (Å²) in [5, 5.41) is 3.35. The van der Waals surface area contributed by atoms with Crippen LogP contribution in [-0.4, -0.2) is 59.7 Å². The summed E-state index contributed by atoms with van der Waals surface area (Å²) in [6.45, 7) is 5.21. The molecule has 0 spiro atoms.